The van der Waals surface area contributed by atoms with Crippen LogP contribution in [0.1, 0.15) is 94.6 Å². The van der Waals surface area contributed by atoms with E-state index in [4.69, 9.17) is 4.74 Å². The van der Waals surface area contributed by atoms with Crippen LogP contribution in [0.25, 0.3) is 0 Å². The first-order chi connectivity index (χ1) is 13.1. The number of amides is 1. The summed E-state index contributed by atoms with van der Waals surface area (Å²) >= 11 is 0. The minimum atomic E-state index is 0.191. The van der Waals surface area contributed by atoms with Crippen LogP contribution in [0.5, 0.6) is 5.75 Å². The van der Waals surface area contributed by atoms with Crippen molar-refractivity contribution in [2.24, 2.45) is 0 Å². The number of hydrogen-bond donors (Lipinski definition) is 1. The number of carbonyl (C=O) groups is 1. The normalized spacial score (nSPS) is 17.6. The molecule has 1 amide bonds. The quantitative estimate of drug-likeness (QED) is 0.598. The summed E-state index contributed by atoms with van der Waals surface area (Å²) in [5.74, 6) is 1.13. The lowest BCUT2D eigenvalue weighted by molar-refractivity contribution is -0.122. The highest BCUT2D eigenvalue weighted by Crippen LogP contribution is 2.20. The highest BCUT2D eigenvalue weighted by atomic mass is 16.5. The SMILES string of the molecule is Cc1ccc(C)c(OCCCC(=O)NC2CCCCCCCCCCC2)c1. The Kier molecular flexibility index (Phi) is 10.3. The highest BCUT2D eigenvalue weighted by Gasteiger charge is 2.12. The number of benzene rings is 1. The molecule has 152 valence electrons. The van der Waals surface area contributed by atoms with E-state index in [9.17, 15) is 4.79 Å². The molecule has 1 aromatic rings. The van der Waals surface area contributed by atoms with E-state index in [1.807, 2.05) is 0 Å². The van der Waals surface area contributed by atoms with Crippen LogP contribution in [0.15, 0.2) is 18.2 Å². The molecule has 1 fully saturated rings. The second-order valence-corrected chi connectivity index (χ2v) is 8.24. The third-order valence-electron chi connectivity index (χ3n) is 5.62. The van der Waals surface area contributed by atoms with Crippen molar-refractivity contribution in [3.05, 3.63) is 29.3 Å². The van der Waals surface area contributed by atoms with Crippen LogP contribution in [0.3, 0.4) is 0 Å². The molecule has 1 aliphatic rings. The van der Waals surface area contributed by atoms with Crippen molar-refractivity contribution >= 4 is 5.91 Å². The largest absolute Gasteiger partial charge is 0.493 e. The Hall–Kier alpha value is -1.51. The third-order valence-corrected chi connectivity index (χ3v) is 5.62. The van der Waals surface area contributed by atoms with Gasteiger partial charge in [0.1, 0.15) is 5.75 Å². The van der Waals surface area contributed by atoms with Gasteiger partial charge in [-0.25, -0.2) is 0 Å². The van der Waals surface area contributed by atoms with E-state index < -0.39 is 0 Å². The Morgan fingerprint density at radius 3 is 2.19 bits per heavy atom. The van der Waals surface area contributed by atoms with E-state index in [2.05, 4.69) is 37.4 Å². The number of nitrogens with one attached hydrogen (secondary N) is 1. The maximum absolute atomic E-state index is 12.4. The molecule has 0 radical (unpaired) electrons. The first-order valence-electron chi connectivity index (χ1n) is 11.1. The minimum Gasteiger partial charge on any atom is -0.493 e. The van der Waals surface area contributed by atoms with Gasteiger partial charge in [0.2, 0.25) is 5.91 Å². The predicted octanol–water partition coefficient (Wildman–Crippen LogP) is 6.25. The molecule has 2 rings (SSSR count). The van der Waals surface area contributed by atoms with Gasteiger partial charge in [0, 0.05) is 12.5 Å². The Labute approximate surface area is 166 Å². The first kappa shape index (κ1) is 21.8. The minimum absolute atomic E-state index is 0.191. The zero-order chi connectivity index (χ0) is 19.3. The average Bonchev–Trinajstić information content (AvgIpc) is 2.64. The lowest BCUT2D eigenvalue weighted by atomic mass is 9.98. The fourth-order valence-electron chi connectivity index (χ4n) is 3.89. The fraction of sp³-hybridized carbons (Fsp3) is 0.708. The monoisotopic (exact) mass is 373 g/mol. The van der Waals surface area contributed by atoms with Gasteiger partial charge < -0.3 is 10.1 Å². The van der Waals surface area contributed by atoms with Crippen LogP contribution in [0.2, 0.25) is 0 Å². The van der Waals surface area contributed by atoms with E-state index in [0.717, 1.165) is 30.6 Å². The van der Waals surface area contributed by atoms with Gasteiger partial charge in [-0.2, -0.15) is 0 Å². The summed E-state index contributed by atoms with van der Waals surface area (Å²) in [5, 5.41) is 3.30. The van der Waals surface area contributed by atoms with Crippen molar-refractivity contribution < 1.29 is 9.53 Å². The van der Waals surface area contributed by atoms with Crippen LogP contribution in [-0.4, -0.2) is 18.6 Å². The van der Waals surface area contributed by atoms with Gasteiger partial charge in [-0.1, -0.05) is 69.9 Å². The molecular weight excluding hydrogens is 334 g/mol. The summed E-state index contributed by atoms with van der Waals surface area (Å²) < 4.78 is 5.87. The number of ether oxygens (including phenoxy) is 1. The second kappa shape index (κ2) is 12.8. The fourth-order valence-corrected chi connectivity index (χ4v) is 3.89. The molecule has 1 N–H and O–H groups in total. The molecule has 1 saturated carbocycles. The van der Waals surface area contributed by atoms with E-state index >= 15 is 0 Å². The van der Waals surface area contributed by atoms with Crippen LogP contribution in [0.4, 0.5) is 0 Å². The Bertz CT molecular complexity index is 543. The lowest BCUT2D eigenvalue weighted by Crippen LogP contribution is -2.35. The second-order valence-electron chi connectivity index (χ2n) is 8.24. The number of hydrogen-bond acceptors (Lipinski definition) is 2. The maximum Gasteiger partial charge on any atom is 0.220 e. The topological polar surface area (TPSA) is 38.3 Å². The Morgan fingerprint density at radius 1 is 0.963 bits per heavy atom. The van der Waals surface area contributed by atoms with Crippen LogP contribution in [-0.2, 0) is 4.79 Å². The van der Waals surface area contributed by atoms with Crippen LogP contribution in [0, 0.1) is 13.8 Å². The zero-order valence-electron chi connectivity index (χ0n) is 17.5. The van der Waals surface area contributed by atoms with Gasteiger partial charge in [0.25, 0.3) is 0 Å². The summed E-state index contributed by atoms with van der Waals surface area (Å²) in [7, 11) is 0. The standard InChI is InChI=1S/C24H39NO2/c1-20-16-17-21(2)23(19-20)27-18-12-15-24(26)25-22-13-10-8-6-4-3-5-7-9-11-14-22/h16-17,19,22H,3-15,18H2,1-2H3,(H,25,26). The number of carbonyl (C=O) groups excluding carboxylic acids is 1. The van der Waals surface area contributed by atoms with Gasteiger partial charge in [0.05, 0.1) is 6.61 Å². The molecule has 1 aromatic carbocycles. The van der Waals surface area contributed by atoms with Crippen molar-refractivity contribution in [3.8, 4) is 5.75 Å². The lowest BCUT2D eigenvalue weighted by Gasteiger charge is -2.19. The zero-order valence-corrected chi connectivity index (χ0v) is 17.5. The van der Waals surface area contributed by atoms with Crippen molar-refractivity contribution in [1.29, 1.82) is 0 Å². The average molecular weight is 374 g/mol. The first-order valence-corrected chi connectivity index (χ1v) is 11.1. The molecule has 3 heteroatoms. The molecule has 1 aliphatic carbocycles. The number of aryl methyl sites for hydroxylation is 2. The Balaban J connectivity index is 1.67. The summed E-state index contributed by atoms with van der Waals surface area (Å²) in [5.41, 5.74) is 2.36. The van der Waals surface area contributed by atoms with Crippen molar-refractivity contribution in [2.75, 3.05) is 6.61 Å². The summed E-state index contributed by atoms with van der Waals surface area (Å²) in [6.07, 6.45) is 15.6. The van der Waals surface area contributed by atoms with Gasteiger partial charge in [-0.15, -0.1) is 0 Å². The molecule has 0 aliphatic heterocycles. The molecule has 0 atom stereocenters. The molecule has 0 unspecified atom stereocenters. The van der Waals surface area contributed by atoms with Gasteiger partial charge in [0.15, 0.2) is 0 Å². The van der Waals surface area contributed by atoms with Crippen molar-refractivity contribution in [1.82, 2.24) is 5.32 Å². The molecule has 27 heavy (non-hydrogen) atoms. The van der Waals surface area contributed by atoms with Crippen LogP contribution < -0.4 is 10.1 Å². The van der Waals surface area contributed by atoms with E-state index in [0.29, 0.717) is 19.1 Å². The van der Waals surface area contributed by atoms with E-state index in [1.54, 1.807) is 0 Å². The third kappa shape index (κ3) is 9.30. The highest BCUT2D eigenvalue weighted by molar-refractivity contribution is 5.76. The molecule has 0 spiro atoms. The molecular formula is C24H39NO2. The molecule has 0 aromatic heterocycles. The smallest absolute Gasteiger partial charge is 0.220 e. The Morgan fingerprint density at radius 2 is 1.56 bits per heavy atom. The van der Waals surface area contributed by atoms with E-state index in [-0.39, 0.29) is 5.91 Å². The summed E-state index contributed by atoms with van der Waals surface area (Å²) in [6, 6.07) is 6.62. The van der Waals surface area contributed by atoms with Gasteiger partial charge in [-0.3, -0.25) is 4.79 Å². The van der Waals surface area contributed by atoms with Gasteiger partial charge >= 0.3 is 0 Å². The number of rotatable bonds is 6. The van der Waals surface area contributed by atoms with Gasteiger partial charge in [-0.05, 0) is 50.3 Å². The van der Waals surface area contributed by atoms with Crippen molar-refractivity contribution in [2.45, 2.75) is 103 Å². The molecule has 3 nitrogen and oxygen atoms in total. The molecule has 0 bridgehead atoms. The van der Waals surface area contributed by atoms with Crippen molar-refractivity contribution in [3.63, 3.8) is 0 Å². The van der Waals surface area contributed by atoms with Crippen LogP contribution >= 0.6 is 0 Å². The van der Waals surface area contributed by atoms with E-state index in [1.165, 1.54) is 63.4 Å². The maximum atomic E-state index is 12.4. The molecule has 0 heterocycles. The summed E-state index contributed by atoms with van der Waals surface area (Å²) in [6.45, 7) is 4.73. The predicted molar refractivity (Wildman–Crippen MR) is 113 cm³/mol. The summed E-state index contributed by atoms with van der Waals surface area (Å²) in [4.78, 5) is 12.4. The molecule has 0 saturated heterocycles.